The number of carboxylic acids is 1. The smallest absolute Gasteiger partial charge is 0.341 e. The molecular formula is C19H16Cl2O7S. The van der Waals surface area contributed by atoms with E-state index in [1.54, 1.807) is 18.2 Å². The topological polar surface area (TPSA) is 99.1 Å². The zero-order valence-electron chi connectivity index (χ0n) is 14.9. The second-order valence-electron chi connectivity index (χ2n) is 6.78. The zero-order chi connectivity index (χ0) is 20.8. The van der Waals surface area contributed by atoms with E-state index in [1.807, 2.05) is 0 Å². The number of carboxylic acid groups (broad SMARTS) is 1. The first kappa shape index (κ1) is 20.3. The fourth-order valence-corrected chi connectivity index (χ4v) is 5.64. The SMILES string of the molecule is O=C(O)COc1cccc2c1OC1CCC(OS(=O)(=O)c3cc(Cl)ccc3Cl)C21. The average Bonchev–Trinajstić information content (AvgIpc) is 3.22. The van der Waals surface area contributed by atoms with Crippen molar-refractivity contribution in [3.8, 4) is 11.5 Å². The summed E-state index contributed by atoms with van der Waals surface area (Å²) in [6, 6.07) is 9.27. The molecule has 3 atom stereocenters. The molecular weight excluding hydrogens is 443 g/mol. The second kappa shape index (κ2) is 7.68. The van der Waals surface area contributed by atoms with Crippen LogP contribution in [0.2, 0.25) is 10.0 Å². The van der Waals surface area contributed by atoms with Crippen LogP contribution in [-0.4, -0.2) is 38.3 Å². The third kappa shape index (κ3) is 3.90. The number of aliphatic carboxylic acids is 1. The lowest BCUT2D eigenvalue weighted by molar-refractivity contribution is -0.139. The van der Waals surface area contributed by atoms with E-state index >= 15 is 0 Å². The molecule has 10 heteroatoms. The Labute approximate surface area is 177 Å². The molecule has 1 aliphatic heterocycles. The molecule has 1 saturated carbocycles. The Kier molecular flexibility index (Phi) is 5.37. The Bertz CT molecular complexity index is 1070. The lowest BCUT2D eigenvalue weighted by Crippen LogP contribution is -2.24. The third-order valence-corrected chi connectivity index (χ3v) is 6.99. The summed E-state index contributed by atoms with van der Waals surface area (Å²) < 4.78 is 42.4. The minimum absolute atomic E-state index is 0.0244. The van der Waals surface area contributed by atoms with Crippen LogP contribution >= 0.6 is 23.2 Å². The van der Waals surface area contributed by atoms with Crippen molar-refractivity contribution >= 4 is 39.3 Å². The van der Waals surface area contributed by atoms with Crippen molar-refractivity contribution in [3.63, 3.8) is 0 Å². The van der Waals surface area contributed by atoms with Crippen LogP contribution in [-0.2, 0) is 19.1 Å². The van der Waals surface area contributed by atoms with Gasteiger partial charge in [-0.25, -0.2) is 4.79 Å². The molecule has 0 amide bonds. The fourth-order valence-electron chi connectivity index (χ4n) is 3.78. The van der Waals surface area contributed by atoms with Crippen molar-refractivity contribution < 1.29 is 32.0 Å². The number of para-hydroxylation sites is 1. The van der Waals surface area contributed by atoms with Gasteiger partial charge in [-0.05, 0) is 37.1 Å². The Morgan fingerprint density at radius 2 is 2.00 bits per heavy atom. The third-order valence-electron chi connectivity index (χ3n) is 4.94. The molecule has 1 N–H and O–H groups in total. The van der Waals surface area contributed by atoms with Crippen LogP contribution in [0.5, 0.6) is 11.5 Å². The van der Waals surface area contributed by atoms with Gasteiger partial charge in [0.1, 0.15) is 11.0 Å². The summed E-state index contributed by atoms with van der Waals surface area (Å²) in [4.78, 5) is 10.6. The van der Waals surface area contributed by atoms with Crippen molar-refractivity contribution in [3.05, 3.63) is 52.0 Å². The number of halogens is 2. The molecule has 1 fully saturated rings. The summed E-state index contributed by atoms with van der Waals surface area (Å²) in [6.07, 6.45) is 0.124. The molecule has 154 valence electrons. The molecule has 0 aromatic heterocycles. The highest BCUT2D eigenvalue weighted by Crippen LogP contribution is 2.52. The van der Waals surface area contributed by atoms with Crippen molar-refractivity contribution in [1.82, 2.24) is 0 Å². The van der Waals surface area contributed by atoms with Gasteiger partial charge in [-0.3, -0.25) is 4.18 Å². The summed E-state index contributed by atoms with van der Waals surface area (Å²) in [5, 5.41) is 9.09. The first-order chi connectivity index (χ1) is 13.8. The number of rotatable bonds is 6. The van der Waals surface area contributed by atoms with Gasteiger partial charge in [0, 0.05) is 10.6 Å². The molecule has 2 aromatic carbocycles. The Hall–Kier alpha value is -2.00. The maximum absolute atomic E-state index is 12.8. The standard InChI is InChI=1S/C19H16Cl2O7S/c20-10-4-5-12(21)16(8-10)29(24,25)28-14-7-6-13-18(14)11-2-1-3-15(19(11)27-13)26-9-17(22)23/h1-5,8,13-14,18H,6-7,9H2,(H,22,23). The molecule has 0 saturated heterocycles. The molecule has 0 bridgehead atoms. The van der Waals surface area contributed by atoms with Gasteiger partial charge >= 0.3 is 5.97 Å². The Balaban J connectivity index is 1.61. The molecule has 1 heterocycles. The van der Waals surface area contributed by atoms with Crippen LogP contribution < -0.4 is 9.47 Å². The van der Waals surface area contributed by atoms with Gasteiger partial charge in [-0.15, -0.1) is 0 Å². The van der Waals surface area contributed by atoms with E-state index in [9.17, 15) is 13.2 Å². The van der Waals surface area contributed by atoms with Crippen molar-refractivity contribution in [2.75, 3.05) is 6.61 Å². The summed E-state index contributed by atoms with van der Waals surface area (Å²) in [7, 11) is -4.15. The fraction of sp³-hybridized carbons (Fsp3) is 0.316. The first-order valence-electron chi connectivity index (χ1n) is 8.79. The summed E-state index contributed by atoms with van der Waals surface area (Å²) >= 11 is 11.9. The number of carbonyl (C=O) groups is 1. The van der Waals surface area contributed by atoms with E-state index in [-0.39, 0.29) is 27.0 Å². The quantitative estimate of drug-likeness (QED) is 0.655. The predicted molar refractivity (Wildman–Crippen MR) is 104 cm³/mol. The van der Waals surface area contributed by atoms with Crippen LogP contribution in [0.1, 0.15) is 24.3 Å². The molecule has 29 heavy (non-hydrogen) atoms. The van der Waals surface area contributed by atoms with Crippen LogP contribution in [0.3, 0.4) is 0 Å². The van der Waals surface area contributed by atoms with Gasteiger partial charge < -0.3 is 14.6 Å². The molecule has 3 unspecified atom stereocenters. The number of fused-ring (bicyclic) bond motifs is 3. The summed E-state index contributed by atoms with van der Waals surface area (Å²) in [5.74, 6) is -0.702. The molecule has 4 rings (SSSR count). The molecule has 2 aromatic rings. The van der Waals surface area contributed by atoms with Crippen LogP contribution in [0, 0.1) is 0 Å². The lowest BCUT2D eigenvalue weighted by atomic mass is 9.95. The largest absolute Gasteiger partial charge is 0.485 e. The average molecular weight is 459 g/mol. The Morgan fingerprint density at radius 3 is 2.76 bits per heavy atom. The van der Waals surface area contributed by atoms with E-state index in [1.165, 1.54) is 18.2 Å². The molecule has 0 spiro atoms. The maximum Gasteiger partial charge on any atom is 0.341 e. The number of hydrogen-bond acceptors (Lipinski definition) is 6. The highest BCUT2D eigenvalue weighted by atomic mass is 35.5. The zero-order valence-corrected chi connectivity index (χ0v) is 17.2. The number of benzene rings is 2. The van der Waals surface area contributed by atoms with Crippen molar-refractivity contribution in [2.24, 2.45) is 0 Å². The molecule has 2 aliphatic rings. The van der Waals surface area contributed by atoms with Crippen LogP contribution in [0.25, 0.3) is 0 Å². The van der Waals surface area contributed by atoms with Gasteiger partial charge in [0.25, 0.3) is 10.1 Å². The molecule has 1 aliphatic carbocycles. The summed E-state index contributed by atoms with van der Waals surface area (Å²) in [6.45, 7) is -0.503. The highest BCUT2D eigenvalue weighted by molar-refractivity contribution is 7.87. The minimum atomic E-state index is -4.15. The monoisotopic (exact) mass is 458 g/mol. The van der Waals surface area contributed by atoms with Crippen LogP contribution in [0.4, 0.5) is 0 Å². The normalized spacial score (nSPS) is 22.6. The van der Waals surface area contributed by atoms with Crippen molar-refractivity contribution in [1.29, 1.82) is 0 Å². The Morgan fingerprint density at radius 1 is 1.21 bits per heavy atom. The number of ether oxygens (including phenoxy) is 2. The maximum atomic E-state index is 12.8. The van der Waals surface area contributed by atoms with Gasteiger partial charge in [-0.2, -0.15) is 8.42 Å². The van der Waals surface area contributed by atoms with Gasteiger partial charge in [0.15, 0.2) is 18.1 Å². The molecule has 0 radical (unpaired) electrons. The lowest BCUT2D eigenvalue weighted by Gasteiger charge is -2.19. The number of hydrogen-bond donors (Lipinski definition) is 1. The van der Waals surface area contributed by atoms with Gasteiger partial charge in [0.05, 0.1) is 17.0 Å². The van der Waals surface area contributed by atoms with Crippen LogP contribution in [0.15, 0.2) is 41.3 Å². The second-order valence-corrected chi connectivity index (χ2v) is 9.16. The predicted octanol–water partition coefficient (Wildman–Crippen LogP) is 3.87. The van der Waals surface area contributed by atoms with E-state index in [0.29, 0.717) is 24.3 Å². The van der Waals surface area contributed by atoms with Crippen molar-refractivity contribution in [2.45, 2.75) is 35.9 Å². The van der Waals surface area contributed by atoms with Gasteiger partial charge in [0.2, 0.25) is 0 Å². The van der Waals surface area contributed by atoms with E-state index in [2.05, 4.69) is 0 Å². The molecule has 7 nitrogen and oxygen atoms in total. The van der Waals surface area contributed by atoms with Gasteiger partial charge in [-0.1, -0.05) is 35.3 Å². The van der Waals surface area contributed by atoms with E-state index in [4.69, 9.17) is 42.0 Å². The first-order valence-corrected chi connectivity index (χ1v) is 10.9. The van der Waals surface area contributed by atoms with E-state index in [0.717, 1.165) is 5.56 Å². The summed E-state index contributed by atoms with van der Waals surface area (Å²) in [5.41, 5.74) is 0.729. The van der Waals surface area contributed by atoms with E-state index < -0.39 is 28.8 Å². The minimum Gasteiger partial charge on any atom is -0.485 e. The highest BCUT2D eigenvalue weighted by Gasteiger charge is 2.48.